The minimum Gasteiger partial charge on any atom is -0.497 e. The third kappa shape index (κ3) is 6.33. The van der Waals surface area contributed by atoms with Crippen molar-refractivity contribution in [2.24, 2.45) is 5.92 Å². The Bertz CT molecular complexity index is 1760. The topological polar surface area (TPSA) is 187 Å². The SMILES string of the molecule is COc1ccc([Si](C)(C)[C@@H]2[C@@H](CCO)O[C@]3(C(=O)N(Cc4cccc(NC(=O)[C@H]5O[C@@H](O)[C@H](O)[C@@H](O)[C@@H]5O)c4)c4ccc(OC)cc43)[C@H]2C)cc1. The van der Waals surface area contributed by atoms with Crippen LogP contribution in [-0.4, -0.2) is 103 Å². The number of methoxy groups -OCH3 is 2. The van der Waals surface area contributed by atoms with Gasteiger partial charge in [-0.2, -0.15) is 0 Å². The molecule has 0 unspecified atom stereocenters. The fourth-order valence-corrected chi connectivity index (χ4v) is 12.3. The summed E-state index contributed by atoms with van der Waals surface area (Å²) in [7, 11) is 0.827. The minimum atomic E-state index is -2.37. The summed E-state index contributed by atoms with van der Waals surface area (Å²) in [6, 6.07) is 20.3. The number of hydrogen-bond donors (Lipinski definition) is 6. The van der Waals surface area contributed by atoms with Crippen molar-refractivity contribution in [3.05, 3.63) is 77.9 Å². The van der Waals surface area contributed by atoms with Gasteiger partial charge in [0, 0.05) is 23.8 Å². The maximum absolute atomic E-state index is 15.0. The van der Waals surface area contributed by atoms with Crippen molar-refractivity contribution < 1.29 is 54.1 Å². The van der Waals surface area contributed by atoms with Crippen molar-refractivity contribution in [2.45, 2.75) is 80.9 Å². The van der Waals surface area contributed by atoms with Crippen LogP contribution < -0.4 is 24.9 Å². The quantitative estimate of drug-likeness (QED) is 0.167. The van der Waals surface area contributed by atoms with E-state index in [9.17, 15) is 35.1 Å². The Morgan fingerprint density at radius 2 is 1.63 bits per heavy atom. The fraction of sp³-hybridized carbons (Fsp3) is 0.459. The van der Waals surface area contributed by atoms with E-state index in [0.29, 0.717) is 34.7 Å². The number of benzene rings is 3. The zero-order valence-corrected chi connectivity index (χ0v) is 30.2. The molecular weight excluding hydrogens is 676 g/mol. The molecule has 3 aliphatic rings. The van der Waals surface area contributed by atoms with Gasteiger partial charge in [0.15, 0.2) is 18.0 Å². The van der Waals surface area contributed by atoms with Gasteiger partial charge in [-0.05, 0) is 60.0 Å². The van der Waals surface area contributed by atoms with Crippen LogP contribution in [-0.2, 0) is 31.2 Å². The van der Waals surface area contributed by atoms with E-state index in [1.54, 1.807) is 43.4 Å². The number of fused-ring (bicyclic) bond motifs is 2. The van der Waals surface area contributed by atoms with Crippen molar-refractivity contribution >= 4 is 36.4 Å². The Kier molecular flexibility index (Phi) is 10.3. The molecule has 1 spiro atoms. The van der Waals surface area contributed by atoms with Crippen molar-refractivity contribution in [2.75, 3.05) is 31.0 Å². The Labute approximate surface area is 297 Å². The second-order valence-corrected chi connectivity index (χ2v) is 18.7. The molecule has 14 heteroatoms. The number of aliphatic hydroxyl groups excluding tert-OH is 5. The first kappa shape index (κ1) is 36.9. The lowest BCUT2D eigenvalue weighted by molar-refractivity contribution is -0.274. The molecular formula is C37H46N2O11Si. The molecule has 2 saturated heterocycles. The number of rotatable bonds is 10. The van der Waals surface area contributed by atoms with Gasteiger partial charge in [0.1, 0.15) is 29.8 Å². The summed E-state index contributed by atoms with van der Waals surface area (Å²) < 4.78 is 23.1. The van der Waals surface area contributed by atoms with Gasteiger partial charge in [-0.1, -0.05) is 49.5 Å². The van der Waals surface area contributed by atoms with Gasteiger partial charge in [0.2, 0.25) is 0 Å². The molecule has 0 bridgehead atoms. The number of amides is 2. The van der Waals surface area contributed by atoms with Crippen LogP contribution in [0.2, 0.25) is 18.6 Å². The molecule has 3 aliphatic heterocycles. The molecule has 9 atom stereocenters. The zero-order chi connectivity index (χ0) is 36.8. The molecule has 51 heavy (non-hydrogen) atoms. The van der Waals surface area contributed by atoms with Crippen LogP contribution in [0.4, 0.5) is 11.4 Å². The number of nitrogens with one attached hydrogen (secondary N) is 1. The lowest BCUT2D eigenvalue weighted by Crippen LogP contribution is -2.60. The zero-order valence-electron chi connectivity index (χ0n) is 29.2. The number of hydrogen-bond acceptors (Lipinski definition) is 11. The summed E-state index contributed by atoms with van der Waals surface area (Å²) in [5, 5.41) is 54.0. The van der Waals surface area contributed by atoms with Crippen LogP contribution in [0, 0.1) is 5.92 Å². The Balaban J connectivity index is 1.32. The number of nitrogens with zero attached hydrogens (tertiary/aromatic N) is 1. The monoisotopic (exact) mass is 722 g/mol. The normalized spacial score (nSPS) is 30.4. The first-order chi connectivity index (χ1) is 24.3. The molecule has 0 saturated carbocycles. The van der Waals surface area contributed by atoms with Crippen molar-refractivity contribution in [1.82, 2.24) is 0 Å². The smallest absolute Gasteiger partial charge is 0.264 e. The maximum atomic E-state index is 15.0. The standard InChI is InChI=1S/C37H46N2O11Si/c1-20-33(51(4,5)25-12-9-23(47-2)10-13-25)28(15-16-40)50-37(20)26-18-24(48-3)11-14-27(26)39(36(37)46)19-21-7-6-8-22(17-21)38-34(44)32-30(42)29(41)31(43)35(45)49-32/h6-14,17-18,20,28-33,35,40-43,45H,15-16,19H2,1-5H3,(H,38,44)/t20-,28+,29-,30-,31+,32-,33-,35+,37+/m0/s1. The molecule has 2 fully saturated rings. The first-order valence-electron chi connectivity index (χ1n) is 17.0. The highest BCUT2D eigenvalue weighted by molar-refractivity contribution is 6.91. The van der Waals surface area contributed by atoms with Crippen LogP contribution in [0.5, 0.6) is 11.5 Å². The average molecular weight is 723 g/mol. The van der Waals surface area contributed by atoms with Crippen LogP contribution in [0.1, 0.15) is 24.5 Å². The minimum absolute atomic E-state index is 0.0463. The van der Waals surface area contributed by atoms with E-state index in [2.05, 4.69) is 37.5 Å². The molecule has 6 N–H and O–H groups in total. The maximum Gasteiger partial charge on any atom is 0.264 e. The number of anilines is 2. The van der Waals surface area contributed by atoms with E-state index in [4.69, 9.17) is 18.9 Å². The highest BCUT2D eigenvalue weighted by Gasteiger charge is 2.66. The molecule has 13 nitrogen and oxygen atoms in total. The van der Waals surface area contributed by atoms with E-state index in [-0.39, 0.29) is 30.5 Å². The van der Waals surface area contributed by atoms with Crippen molar-refractivity contribution in [1.29, 1.82) is 0 Å². The van der Waals surface area contributed by atoms with Crippen LogP contribution in [0.15, 0.2) is 66.7 Å². The van der Waals surface area contributed by atoms with E-state index in [1.807, 2.05) is 30.3 Å². The second-order valence-electron chi connectivity index (χ2n) is 14.1. The molecule has 2 amide bonds. The lowest BCUT2D eigenvalue weighted by Gasteiger charge is -2.37. The molecule has 3 aromatic carbocycles. The summed E-state index contributed by atoms with van der Waals surface area (Å²) in [5.41, 5.74) is 0.946. The van der Waals surface area contributed by atoms with Gasteiger partial charge in [-0.3, -0.25) is 9.59 Å². The van der Waals surface area contributed by atoms with E-state index in [1.165, 1.54) is 5.19 Å². The molecule has 0 radical (unpaired) electrons. The van der Waals surface area contributed by atoms with E-state index >= 15 is 0 Å². The summed E-state index contributed by atoms with van der Waals surface area (Å²) in [5.74, 6) is -0.0230. The van der Waals surface area contributed by atoms with Crippen molar-refractivity contribution in [3.8, 4) is 11.5 Å². The summed E-state index contributed by atoms with van der Waals surface area (Å²) in [4.78, 5) is 29.7. The van der Waals surface area contributed by atoms with E-state index in [0.717, 1.165) is 5.75 Å². The average Bonchev–Trinajstić information content (AvgIpc) is 3.55. The highest BCUT2D eigenvalue weighted by atomic mass is 28.3. The van der Waals surface area contributed by atoms with Crippen LogP contribution in [0.25, 0.3) is 0 Å². The first-order valence-corrected chi connectivity index (χ1v) is 20.1. The summed E-state index contributed by atoms with van der Waals surface area (Å²) in [6.07, 6.45) is -8.87. The molecule has 6 rings (SSSR count). The Hall–Kier alpha value is -3.86. The third-order valence-electron chi connectivity index (χ3n) is 10.8. The number of ether oxygens (including phenoxy) is 4. The summed E-state index contributed by atoms with van der Waals surface area (Å²) in [6.45, 7) is 6.64. The molecule has 3 heterocycles. The van der Waals surface area contributed by atoms with Gasteiger partial charge in [-0.25, -0.2) is 0 Å². The third-order valence-corrected chi connectivity index (χ3v) is 15.2. The van der Waals surface area contributed by atoms with Gasteiger partial charge in [0.05, 0.1) is 40.6 Å². The summed E-state index contributed by atoms with van der Waals surface area (Å²) >= 11 is 0. The van der Waals surface area contributed by atoms with E-state index < -0.39 is 56.4 Å². The van der Waals surface area contributed by atoms with Gasteiger partial charge in [-0.15, -0.1) is 0 Å². The number of carbonyl (C=O) groups excluding carboxylic acids is 2. The van der Waals surface area contributed by atoms with Gasteiger partial charge >= 0.3 is 0 Å². The molecule has 274 valence electrons. The predicted octanol–water partition coefficient (Wildman–Crippen LogP) is 1.59. The van der Waals surface area contributed by atoms with Crippen molar-refractivity contribution in [3.63, 3.8) is 0 Å². The second kappa shape index (κ2) is 14.3. The number of aliphatic hydroxyl groups is 5. The predicted molar refractivity (Wildman–Crippen MR) is 189 cm³/mol. The fourth-order valence-electron chi connectivity index (χ4n) is 8.19. The Morgan fingerprint density at radius 1 is 0.941 bits per heavy atom. The lowest BCUT2D eigenvalue weighted by atomic mass is 9.82. The van der Waals surface area contributed by atoms with Gasteiger partial charge < -0.3 is 54.7 Å². The Morgan fingerprint density at radius 3 is 2.29 bits per heavy atom. The highest BCUT2D eigenvalue weighted by Crippen LogP contribution is 2.60. The molecule has 0 aliphatic carbocycles. The molecule has 3 aromatic rings. The van der Waals surface area contributed by atoms with Crippen LogP contribution in [0.3, 0.4) is 0 Å². The van der Waals surface area contributed by atoms with Gasteiger partial charge in [0.25, 0.3) is 11.8 Å². The molecule has 0 aromatic heterocycles. The number of carbonyl (C=O) groups is 2. The largest absolute Gasteiger partial charge is 0.497 e. The van der Waals surface area contributed by atoms with Crippen LogP contribution >= 0.6 is 0 Å².